The van der Waals surface area contributed by atoms with Crippen LogP contribution in [0.5, 0.6) is 0 Å². The minimum absolute atomic E-state index is 1.08. The third kappa shape index (κ3) is 3.67. The molecular formula is C33H24N4. The van der Waals surface area contributed by atoms with Crippen LogP contribution in [-0.4, -0.2) is 14.1 Å². The molecule has 0 radical (unpaired) electrons. The van der Waals surface area contributed by atoms with Gasteiger partial charge in [0.15, 0.2) is 0 Å². The van der Waals surface area contributed by atoms with E-state index in [1.54, 1.807) is 6.20 Å². The van der Waals surface area contributed by atoms with E-state index in [9.17, 15) is 0 Å². The Bertz CT molecular complexity index is 1740. The summed E-state index contributed by atoms with van der Waals surface area (Å²) in [4.78, 5) is 6.45. The maximum Gasteiger partial charge on any atom is 0.0991 e. The van der Waals surface area contributed by atoms with Crippen molar-refractivity contribution in [2.45, 2.75) is 0 Å². The average Bonchev–Trinajstić information content (AvgIpc) is 3.62. The maximum atomic E-state index is 4.17. The predicted octanol–water partition coefficient (Wildman–Crippen LogP) is 8.44. The number of hydrogen-bond donors (Lipinski definition) is 0. The summed E-state index contributed by atoms with van der Waals surface area (Å²) in [5, 5.41) is 2.54. The van der Waals surface area contributed by atoms with Crippen molar-refractivity contribution >= 4 is 38.9 Å². The Morgan fingerprint density at radius 3 is 1.57 bits per heavy atom. The molecule has 0 unspecified atom stereocenters. The first-order valence-electron chi connectivity index (χ1n) is 12.4. The summed E-state index contributed by atoms with van der Waals surface area (Å²) in [5.41, 5.74) is 7.96. The Morgan fingerprint density at radius 1 is 0.486 bits per heavy atom. The molecule has 2 heterocycles. The van der Waals surface area contributed by atoms with E-state index in [1.165, 1.54) is 21.8 Å². The molecule has 0 aliphatic carbocycles. The van der Waals surface area contributed by atoms with Gasteiger partial charge in [-0.15, -0.1) is 0 Å². The number of imidazole rings is 1. The van der Waals surface area contributed by atoms with Crippen molar-refractivity contribution in [3.63, 3.8) is 0 Å². The zero-order valence-corrected chi connectivity index (χ0v) is 20.1. The molecule has 0 saturated carbocycles. The molecule has 4 heteroatoms. The van der Waals surface area contributed by atoms with Gasteiger partial charge >= 0.3 is 0 Å². The molecule has 7 aromatic rings. The van der Waals surface area contributed by atoms with Crippen molar-refractivity contribution in [2.24, 2.45) is 0 Å². The van der Waals surface area contributed by atoms with Crippen LogP contribution in [0.25, 0.3) is 33.2 Å². The highest BCUT2D eigenvalue weighted by molar-refractivity contribution is 6.09. The van der Waals surface area contributed by atoms with E-state index in [4.69, 9.17) is 0 Å². The fourth-order valence-corrected chi connectivity index (χ4v) is 5.16. The lowest BCUT2D eigenvalue weighted by molar-refractivity contribution is 1.06. The smallest absolute Gasteiger partial charge is 0.0991 e. The molecule has 2 aromatic heterocycles. The van der Waals surface area contributed by atoms with Gasteiger partial charge in [0.25, 0.3) is 0 Å². The Morgan fingerprint density at radius 2 is 1.00 bits per heavy atom. The van der Waals surface area contributed by atoms with Gasteiger partial charge in [-0.05, 0) is 72.8 Å². The molecule has 0 saturated heterocycles. The summed E-state index contributed by atoms with van der Waals surface area (Å²) >= 11 is 0. The molecule has 176 valence electrons. The molecule has 0 atom stereocenters. The van der Waals surface area contributed by atoms with Crippen molar-refractivity contribution in [1.29, 1.82) is 0 Å². The van der Waals surface area contributed by atoms with Crippen LogP contribution < -0.4 is 4.90 Å². The molecule has 5 aromatic carbocycles. The van der Waals surface area contributed by atoms with E-state index >= 15 is 0 Å². The van der Waals surface area contributed by atoms with Crippen LogP contribution in [0.2, 0.25) is 0 Å². The Labute approximate surface area is 215 Å². The number of rotatable bonds is 5. The molecular weight excluding hydrogens is 452 g/mol. The van der Waals surface area contributed by atoms with Crippen LogP contribution >= 0.6 is 0 Å². The highest BCUT2D eigenvalue weighted by atomic mass is 15.1. The highest BCUT2D eigenvalue weighted by Crippen LogP contribution is 2.37. The third-order valence-electron chi connectivity index (χ3n) is 6.87. The van der Waals surface area contributed by atoms with E-state index in [0.29, 0.717) is 0 Å². The second-order valence-corrected chi connectivity index (χ2v) is 9.04. The molecule has 0 spiro atoms. The third-order valence-corrected chi connectivity index (χ3v) is 6.87. The number of para-hydroxylation sites is 3. The molecule has 0 aliphatic heterocycles. The first-order chi connectivity index (χ1) is 18.4. The van der Waals surface area contributed by atoms with Gasteiger partial charge in [-0.3, -0.25) is 0 Å². The van der Waals surface area contributed by atoms with Gasteiger partial charge < -0.3 is 14.0 Å². The highest BCUT2D eigenvalue weighted by Gasteiger charge is 2.15. The summed E-state index contributed by atoms with van der Waals surface area (Å²) < 4.78 is 4.36. The molecule has 0 aliphatic rings. The summed E-state index contributed by atoms with van der Waals surface area (Å²) in [6.45, 7) is 0. The standard InChI is InChI=1S/C33H24N4/c1-2-8-26(9-3-1)36(27-16-14-25(15-17-27)35-23-22-34-24-35)28-18-20-29(21-19-28)37-32-12-6-4-10-30(32)31-11-5-7-13-33(31)37/h1-24H. The zero-order valence-electron chi connectivity index (χ0n) is 20.1. The van der Waals surface area contributed by atoms with Crippen molar-refractivity contribution in [2.75, 3.05) is 4.90 Å². The number of benzene rings is 5. The summed E-state index contributed by atoms with van der Waals surface area (Å²) in [6, 6.07) is 45.1. The van der Waals surface area contributed by atoms with Crippen LogP contribution in [0.1, 0.15) is 0 Å². The Hall–Kier alpha value is -5.09. The molecule has 4 nitrogen and oxygen atoms in total. The fraction of sp³-hybridized carbons (Fsp3) is 0. The van der Waals surface area contributed by atoms with Crippen LogP contribution in [-0.2, 0) is 0 Å². The van der Waals surface area contributed by atoms with Gasteiger partial charge in [0.05, 0.1) is 17.4 Å². The second-order valence-electron chi connectivity index (χ2n) is 9.04. The lowest BCUT2D eigenvalue weighted by Gasteiger charge is -2.26. The summed E-state index contributed by atoms with van der Waals surface area (Å²) in [5.74, 6) is 0. The van der Waals surface area contributed by atoms with Crippen LogP contribution in [0.3, 0.4) is 0 Å². The maximum absolute atomic E-state index is 4.17. The quantitative estimate of drug-likeness (QED) is 0.249. The molecule has 7 rings (SSSR count). The minimum Gasteiger partial charge on any atom is -0.311 e. The molecule has 0 amide bonds. The van der Waals surface area contributed by atoms with Gasteiger partial charge in [-0.25, -0.2) is 4.98 Å². The van der Waals surface area contributed by atoms with Crippen molar-refractivity contribution in [3.05, 3.63) is 146 Å². The van der Waals surface area contributed by atoms with Crippen LogP contribution in [0.15, 0.2) is 146 Å². The van der Waals surface area contributed by atoms with Gasteiger partial charge in [0, 0.05) is 51.6 Å². The van der Waals surface area contributed by atoms with Crippen LogP contribution in [0, 0.1) is 0 Å². The zero-order chi connectivity index (χ0) is 24.6. The molecule has 37 heavy (non-hydrogen) atoms. The number of aromatic nitrogens is 3. The van der Waals surface area contributed by atoms with Gasteiger partial charge in [0.2, 0.25) is 0 Å². The van der Waals surface area contributed by atoms with E-state index in [2.05, 4.69) is 142 Å². The summed E-state index contributed by atoms with van der Waals surface area (Å²) in [6.07, 6.45) is 5.57. The molecule has 0 bridgehead atoms. The Kier molecular flexibility index (Phi) is 5.07. The first-order valence-corrected chi connectivity index (χ1v) is 12.4. The monoisotopic (exact) mass is 476 g/mol. The normalized spacial score (nSPS) is 11.2. The fourth-order valence-electron chi connectivity index (χ4n) is 5.16. The predicted molar refractivity (Wildman–Crippen MR) is 153 cm³/mol. The molecule has 0 N–H and O–H groups in total. The van der Waals surface area contributed by atoms with Gasteiger partial charge in [-0.2, -0.15) is 0 Å². The second kappa shape index (κ2) is 8.85. The van der Waals surface area contributed by atoms with E-state index in [0.717, 1.165) is 28.4 Å². The first kappa shape index (κ1) is 21.2. The van der Waals surface area contributed by atoms with Gasteiger partial charge in [-0.1, -0.05) is 54.6 Å². The topological polar surface area (TPSA) is 26.0 Å². The van der Waals surface area contributed by atoms with E-state index < -0.39 is 0 Å². The molecule has 0 fully saturated rings. The number of anilines is 3. The summed E-state index contributed by atoms with van der Waals surface area (Å²) in [7, 11) is 0. The van der Waals surface area contributed by atoms with Crippen LogP contribution in [0.4, 0.5) is 17.1 Å². The van der Waals surface area contributed by atoms with E-state index in [-0.39, 0.29) is 0 Å². The number of nitrogens with zero attached hydrogens (tertiary/aromatic N) is 4. The Balaban J connectivity index is 1.33. The minimum atomic E-state index is 1.08. The lowest BCUT2D eigenvalue weighted by atomic mass is 10.1. The van der Waals surface area contributed by atoms with Gasteiger partial charge in [0.1, 0.15) is 0 Å². The van der Waals surface area contributed by atoms with Crippen molar-refractivity contribution in [3.8, 4) is 11.4 Å². The van der Waals surface area contributed by atoms with Crippen molar-refractivity contribution in [1.82, 2.24) is 14.1 Å². The lowest BCUT2D eigenvalue weighted by Crippen LogP contribution is -2.10. The average molecular weight is 477 g/mol. The SMILES string of the molecule is c1ccc(N(c2ccc(-n3ccnc3)cc2)c2ccc(-n3c4ccccc4c4ccccc43)cc2)cc1. The number of fused-ring (bicyclic) bond motifs is 3. The van der Waals surface area contributed by atoms with E-state index in [1.807, 2.05) is 17.1 Å². The van der Waals surface area contributed by atoms with Crippen molar-refractivity contribution < 1.29 is 0 Å². The largest absolute Gasteiger partial charge is 0.311 e. The number of hydrogen-bond acceptors (Lipinski definition) is 2.